The van der Waals surface area contributed by atoms with Crippen LogP contribution < -0.4 is 15.5 Å². The number of hydrogen-bond acceptors (Lipinski definition) is 9. The average Bonchev–Trinajstić information content (AvgIpc) is 3.80. The summed E-state index contributed by atoms with van der Waals surface area (Å²) < 4.78 is 0. The molecule has 4 N–H and O–H groups in total. The fourth-order valence-corrected chi connectivity index (χ4v) is 7.32. The van der Waals surface area contributed by atoms with E-state index in [0.29, 0.717) is 22.9 Å². The van der Waals surface area contributed by atoms with Crippen molar-refractivity contribution in [3.8, 4) is 0 Å². The molecule has 0 bridgehead atoms. The Kier molecular flexibility index (Phi) is 13.9. The number of nitrogens with zero attached hydrogens (tertiary/aromatic N) is 5. The Morgan fingerprint density at radius 2 is 1.59 bits per heavy atom. The number of carbonyl (C=O) groups is 5. The molecule has 5 heterocycles. The molecule has 8 rings (SSSR count). The minimum absolute atomic E-state index is 0. The first-order valence-corrected chi connectivity index (χ1v) is 18.1. The van der Waals surface area contributed by atoms with Crippen molar-refractivity contribution in [3.05, 3.63) is 46.4 Å². The first kappa shape index (κ1) is 39.2. The van der Waals surface area contributed by atoms with Crippen molar-refractivity contribution in [1.82, 2.24) is 25.3 Å². The molecule has 0 spiro atoms. The number of imide groups is 2. The molecule has 4 aliphatic heterocycles. The molecule has 3 saturated heterocycles. The van der Waals surface area contributed by atoms with Gasteiger partial charge in [-0.25, -0.2) is 0 Å². The Labute approximate surface area is 324 Å². The largest absolute Gasteiger partial charge is 0.662 e. The van der Waals surface area contributed by atoms with Crippen molar-refractivity contribution >= 4 is 41.0 Å². The molecular formula is C36H49N8O6Y-. The maximum atomic E-state index is 12.8. The van der Waals surface area contributed by atoms with Gasteiger partial charge < -0.3 is 25.5 Å². The van der Waals surface area contributed by atoms with Crippen LogP contribution in [0.15, 0.2) is 24.3 Å². The normalized spacial score (nSPS) is 25.0. The van der Waals surface area contributed by atoms with E-state index in [0.717, 1.165) is 100 Å². The molecule has 5 fully saturated rings. The van der Waals surface area contributed by atoms with Crippen LogP contribution >= 0.6 is 0 Å². The van der Waals surface area contributed by atoms with Gasteiger partial charge in [0, 0.05) is 94.6 Å². The molecule has 273 valence electrons. The Hall–Kier alpha value is -3.04. The number of piperidine rings is 1. The van der Waals surface area contributed by atoms with Crippen LogP contribution in [-0.4, -0.2) is 113 Å². The number of aromatic amines is 1. The SMILES string of the molecule is C1C[N-]C1.CN1CCN(c2ccc3c(c2)C(=O)N(C2CCC(=O)NC2=O)C3=O)CC1.O=C(Nc1cc(C2CCC(O)C2)[nH]n1)C1CCCCC1.[Y]. The zero-order valence-electron chi connectivity index (χ0n) is 29.4. The van der Waals surface area contributed by atoms with Crippen LogP contribution in [-0.2, 0) is 47.1 Å². The summed E-state index contributed by atoms with van der Waals surface area (Å²) in [5, 5.41) is 25.8. The number of aliphatic hydroxyl groups excluding tert-OH is 1. The van der Waals surface area contributed by atoms with Gasteiger partial charge in [-0.1, -0.05) is 25.7 Å². The van der Waals surface area contributed by atoms with Gasteiger partial charge in [0.25, 0.3) is 11.8 Å². The number of piperazine rings is 1. The van der Waals surface area contributed by atoms with Crippen LogP contribution in [0.3, 0.4) is 0 Å². The molecule has 1 aromatic heterocycles. The Bertz CT molecular complexity index is 1560. The van der Waals surface area contributed by atoms with Crippen molar-refractivity contribution in [3.63, 3.8) is 0 Å². The number of rotatable bonds is 5. The molecule has 51 heavy (non-hydrogen) atoms. The van der Waals surface area contributed by atoms with E-state index in [1.807, 2.05) is 12.1 Å². The van der Waals surface area contributed by atoms with Gasteiger partial charge in [-0.2, -0.15) is 18.2 Å². The fourth-order valence-electron chi connectivity index (χ4n) is 7.32. The summed E-state index contributed by atoms with van der Waals surface area (Å²) in [6.07, 6.45) is 9.62. The second kappa shape index (κ2) is 18.1. The third-order valence-electron chi connectivity index (χ3n) is 10.6. The monoisotopic (exact) mass is 778 g/mol. The number of likely N-dealkylation sites (N-methyl/N-ethyl adjacent to an activating group) is 1. The summed E-state index contributed by atoms with van der Waals surface area (Å²) in [5.74, 6) is -0.670. The number of hydrogen-bond donors (Lipinski definition) is 4. The van der Waals surface area contributed by atoms with E-state index in [4.69, 9.17) is 0 Å². The molecule has 14 nitrogen and oxygen atoms in total. The summed E-state index contributed by atoms with van der Waals surface area (Å²) in [4.78, 5) is 66.5. The molecule has 2 aliphatic carbocycles. The van der Waals surface area contributed by atoms with Crippen LogP contribution in [0.2, 0.25) is 0 Å². The number of nitrogens with one attached hydrogen (secondary N) is 3. The van der Waals surface area contributed by atoms with Crippen molar-refractivity contribution in [2.75, 3.05) is 56.5 Å². The smallest absolute Gasteiger partial charge is 0.262 e. The second-order valence-electron chi connectivity index (χ2n) is 14.2. The minimum atomic E-state index is -0.924. The predicted molar refractivity (Wildman–Crippen MR) is 187 cm³/mol. The Morgan fingerprint density at radius 1 is 0.902 bits per heavy atom. The number of aliphatic hydroxyl groups is 1. The summed E-state index contributed by atoms with van der Waals surface area (Å²) in [7, 11) is 2.07. The van der Waals surface area contributed by atoms with E-state index in [2.05, 4.69) is 43.0 Å². The Balaban J connectivity index is 0.000000179. The molecule has 15 heteroatoms. The first-order chi connectivity index (χ1) is 24.2. The molecule has 1 aromatic carbocycles. The standard InChI is InChI=1S/C18H20N4O4.C15H23N3O2.C3H6N.Y/c1-20-6-8-21(9-7-20)11-2-3-12-13(10-11)18(26)22(17(12)25)14-4-5-15(23)19-16(14)24;19-12-7-6-11(8-12)13-9-14(18-17-13)16-15(20)10-4-2-1-3-5-10;1-2-4-3-1;/h2-3,10,14H,4-9H2,1H3,(H,19,23,24);9-12,19H,1-8H2,(H2,16,17,18,20);1-3H2;/q;;-1;. The molecule has 2 saturated carbocycles. The van der Waals surface area contributed by atoms with E-state index in [1.165, 1.54) is 12.8 Å². The van der Waals surface area contributed by atoms with E-state index in [-0.39, 0.29) is 69.4 Å². The number of fused-ring (bicyclic) bond motifs is 1. The molecule has 5 amide bonds. The summed E-state index contributed by atoms with van der Waals surface area (Å²) in [5.41, 5.74) is 2.58. The van der Waals surface area contributed by atoms with Gasteiger partial charge in [0.1, 0.15) is 6.04 Å². The topological polar surface area (TPSA) is 182 Å². The minimum Gasteiger partial charge on any atom is -0.662 e. The number of benzene rings is 1. The predicted octanol–water partition coefficient (Wildman–Crippen LogP) is 3.16. The number of anilines is 2. The van der Waals surface area contributed by atoms with E-state index in [1.54, 1.807) is 12.1 Å². The van der Waals surface area contributed by atoms with Gasteiger partial charge in [0.15, 0.2) is 5.82 Å². The van der Waals surface area contributed by atoms with Crippen molar-refractivity contribution < 1.29 is 61.8 Å². The maximum Gasteiger partial charge on any atom is 0.262 e. The van der Waals surface area contributed by atoms with Crippen molar-refractivity contribution in [2.24, 2.45) is 5.92 Å². The molecule has 3 unspecified atom stereocenters. The molecule has 6 aliphatic rings. The third-order valence-corrected chi connectivity index (χ3v) is 10.6. The van der Waals surface area contributed by atoms with Crippen LogP contribution in [0.5, 0.6) is 0 Å². The number of H-pyrrole nitrogens is 1. The van der Waals surface area contributed by atoms with Crippen LogP contribution in [0.4, 0.5) is 11.5 Å². The average molecular weight is 779 g/mol. The molecule has 2 aromatic rings. The summed E-state index contributed by atoms with van der Waals surface area (Å²) >= 11 is 0. The van der Waals surface area contributed by atoms with Crippen molar-refractivity contribution in [2.45, 2.75) is 88.7 Å². The van der Waals surface area contributed by atoms with Gasteiger partial charge in [0.2, 0.25) is 17.7 Å². The Morgan fingerprint density at radius 3 is 2.22 bits per heavy atom. The second-order valence-corrected chi connectivity index (χ2v) is 14.2. The molecular weight excluding hydrogens is 729 g/mol. The zero-order valence-corrected chi connectivity index (χ0v) is 32.3. The van der Waals surface area contributed by atoms with Gasteiger partial charge in [-0.15, -0.1) is 0 Å². The van der Waals surface area contributed by atoms with Crippen LogP contribution in [0.25, 0.3) is 5.32 Å². The van der Waals surface area contributed by atoms with E-state index in [9.17, 15) is 29.1 Å². The number of amides is 5. The first-order valence-electron chi connectivity index (χ1n) is 18.1. The van der Waals surface area contributed by atoms with E-state index < -0.39 is 23.8 Å². The van der Waals surface area contributed by atoms with Gasteiger partial charge >= 0.3 is 0 Å². The van der Waals surface area contributed by atoms with Gasteiger partial charge in [-0.05, 0) is 63.8 Å². The zero-order chi connectivity index (χ0) is 35.2. The number of aromatic nitrogens is 2. The van der Waals surface area contributed by atoms with Crippen molar-refractivity contribution in [1.29, 1.82) is 0 Å². The number of carbonyl (C=O) groups excluding carboxylic acids is 5. The van der Waals surface area contributed by atoms with Crippen LogP contribution in [0, 0.1) is 5.92 Å². The fraction of sp³-hybridized carbons (Fsp3) is 0.611. The molecule has 3 atom stereocenters. The van der Waals surface area contributed by atoms with Gasteiger partial charge in [0.05, 0.1) is 17.2 Å². The summed E-state index contributed by atoms with van der Waals surface area (Å²) in [6.45, 7) is 5.83. The third kappa shape index (κ3) is 9.69. The van der Waals surface area contributed by atoms with Gasteiger partial charge in [-0.3, -0.25) is 39.3 Å². The quantitative estimate of drug-likeness (QED) is 0.332. The van der Waals surface area contributed by atoms with E-state index >= 15 is 0 Å². The molecule has 1 radical (unpaired) electrons. The van der Waals surface area contributed by atoms with Crippen LogP contribution in [0.1, 0.15) is 103 Å². The summed E-state index contributed by atoms with van der Waals surface area (Å²) in [6, 6.07) is 6.25. The maximum absolute atomic E-state index is 12.8.